The number of carbonyl (C=O) groups is 1. The third-order valence-corrected chi connectivity index (χ3v) is 5.75. The number of imidazole rings is 1. The molecule has 4 rings (SSSR count). The van der Waals surface area contributed by atoms with E-state index < -0.39 is 11.8 Å². The molecule has 3 aromatic carbocycles. The number of aromatic carboxylic acids is 1. The number of hydrogen-bond acceptors (Lipinski definition) is 2. The summed E-state index contributed by atoms with van der Waals surface area (Å²) in [6, 6.07) is 16.5. The van der Waals surface area contributed by atoms with Crippen molar-refractivity contribution in [3.8, 4) is 28.3 Å². The van der Waals surface area contributed by atoms with Crippen LogP contribution in [0.2, 0.25) is 15.1 Å². The lowest BCUT2D eigenvalue weighted by atomic mass is 10.1. The summed E-state index contributed by atoms with van der Waals surface area (Å²) in [5.74, 6) is -1.71. The summed E-state index contributed by atoms with van der Waals surface area (Å²) in [5, 5.41) is 10.3. The Labute approximate surface area is 192 Å². The van der Waals surface area contributed by atoms with Crippen molar-refractivity contribution in [1.29, 1.82) is 0 Å². The second-order valence-electron chi connectivity index (χ2n) is 6.84. The maximum Gasteiger partial charge on any atom is 0.356 e. The molecule has 1 aromatic heterocycles. The Hall–Kier alpha value is -2.86. The van der Waals surface area contributed by atoms with E-state index in [2.05, 4.69) is 4.98 Å². The summed E-state index contributed by atoms with van der Waals surface area (Å²) < 4.78 is 16.6. The van der Waals surface area contributed by atoms with Gasteiger partial charge in [-0.2, -0.15) is 0 Å². The molecule has 0 saturated heterocycles. The third-order valence-electron chi connectivity index (χ3n) is 4.72. The molecule has 0 saturated carbocycles. The van der Waals surface area contributed by atoms with E-state index in [1.165, 1.54) is 22.8 Å². The zero-order valence-corrected chi connectivity index (χ0v) is 18.3. The van der Waals surface area contributed by atoms with Crippen molar-refractivity contribution >= 4 is 40.8 Å². The van der Waals surface area contributed by atoms with Gasteiger partial charge in [-0.15, -0.1) is 0 Å². The first-order chi connectivity index (χ1) is 14.8. The van der Waals surface area contributed by atoms with Gasteiger partial charge in [-0.3, -0.25) is 4.57 Å². The van der Waals surface area contributed by atoms with Crippen molar-refractivity contribution in [2.45, 2.75) is 6.92 Å². The lowest BCUT2D eigenvalue weighted by molar-refractivity contribution is 0.0692. The Morgan fingerprint density at radius 1 is 0.935 bits per heavy atom. The van der Waals surface area contributed by atoms with Crippen LogP contribution in [-0.4, -0.2) is 20.6 Å². The molecule has 0 aliphatic rings. The fourth-order valence-corrected chi connectivity index (χ4v) is 3.82. The number of aryl methyl sites for hydroxylation is 1. The number of nitrogens with zero attached hydrogens (tertiary/aromatic N) is 2. The normalized spacial score (nSPS) is 11.0. The number of carboxylic acid groups (broad SMARTS) is 1. The number of aromatic nitrogens is 2. The molecule has 8 heteroatoms. The molecule has 0 spiro atoms. The van der Waals surface area contributed by atoms with E-state index in [4.69, 9.17) is 34.8 Å². The predicted octanol–water partition coefficient (Wildman–Crippen LogP) is 7.31. The number of halogens is 4. The van der Waals surface area contributed by atoms with Crippen LogP contribution in [0.1, 0.15) is 16.1 Å². The topological polar surface area (TPSA) is 55.1 Å². The van der Waals surface area contributed by atoms with Gasteiger partial charge in [-0.1, -0.05) is 70.7 Å². The molecular formula is C23H14Cl3FN2O2. The van der Waals surface area contributed by atoms with Crippen LogP contribution in [0.25, 0.3) is 28.3 Å². The lowest BCUT2D eigenvalue weighted by Crippen LogP contribution is -2.05. The Bertz CT molecular complexity index is 1330. The third kappa shape index (κ3) is 3.92. The Balaban J connectivity index is 2.15. The van der Waals surface area contributed by atoms with E-state index in [0.717, 1.165) is 5.56 Å². The van der Waals surface area contributed by atoms with Gasteiger partial charge in [-0.25, -0.2) is 14.2 Å². The number of rotatable bonds is 4. The highest BCUT2D eigenvalue weighted by Crippen LogP contribution is 2.37. The molecule has 156 valence electrons. The van der Waals surface area contributed by atoms with Crippen LogP contribution >= 0.6 is 34.8 Å². The number of benzene rings is 3. The SMILES string of the molecule is Cc1cccc(-c2nc(C(=O)O)c(-c3ccc(Cl)c(Cl)c3)n2-c2cccc(Cl)c2F)c1. The molecule has 0 bridgehead atoms. The first-order valence-corrected chi connectivity index (χ1v) is 10.2. The van der Waals surface area contributed by atoms with E-state index in [0.29, 0.717) is 16.1 Å². The van der Waals surface area contributed by atoms with Gasteiger partial charge in [0.05, 0.1) is 26.4 Å². The van der Waals surface area contributed by atoms with Gasteiger partial charge in [0, 0.05) is 11.1 Å². The van der Waals surface area contributed by atoms with Crippen molar-refractivity contribution in [2.75, 3.05) is 0 Å². The van der Waals surface area contributed by atoms with Crippen LogP contribution in [0.3, 0.4) is 0 Å². The molecule has 0 radical (unpaired) electrons. The standard InChI is InChI=1S/C23H14Cl3FN2O2/c1-12-4-2-5-14(10-12)22-28-20(23(30)31)21(13-8-9-15(24)17(26)11-13)29(22)18-7-3-6-16(25)19(18)27/h2-11H,1H3,(H,30,31). The molecule has 0 aliphatic heterocycles. The van der Waals surface area contributed by atoms with Gasteiger partial charge < -0.3 is 5.11 Å². The Morgan fingerprint density at radius 2 is 1.68 bits per heavy atom. The summed E-state index contributed by atoms with van der Waals surface area (Å²) >= 11 is 18.3. The first-order valence-electron chi connectivity index (χ1n) is 9.11. The van der Waals surface area contributed by atoms with E-state index in [9.17, 15) is 9.90 Å². The van der Waals surface area contributed by atoms with Crippen molar-refractivity contribution in [2.24, 2.45) is 0 Å². The highest BCUT2D eigenvalue weighted by molar-refractivity contribution is 6.42. The molecule has 31 heavy (non-hydrogen) atoms. The van der Waals surface area contributed by atoms with Crippen LogP contribution in [-0.2, 0) is 0 Å². The van der Waals surface area contributed by atoms with Crippen LogP contribution in [0.15, 0.2) is 60.7 Å². The van der Waals surface area contributed by atoms with Crippen molar-refractivity contribution in [1.82, 2.24) is 9.55 Å². The second kappa shape index (κ2) is 8.35. The van der Waals surface area contributed by atoms with Crippen molar-refractivity contribution < 1.29 is 14.3 Å². The van der Waals surface area contributed by atoms with Crippen LogP contribution < -0.4 is 0 Å². The lowest BCUT2D eigenvalue weighted by Gasteiger charge is -2.15. The average molecular weight is 476 g/mol. The molecular weight excluding hydrogens is 462 g/mol. The molecule has 1 N–H and O–H groups in total. The quantitative estimate of drug-likeness (QED) is 0.336. The van der Waals surface area contributed by atoms with E-state index in [1.54, 1.807) is 24.3 Å². The molecule has 4 nitrogen and oxygen atoms in total. The fraction of sp³-hybridized carbons (Fsp3) is 0.0435. The van der Waals surface area contributed by atoms with E-state index >= 15 is 4.39 Å². The van der Waals surface area contributed by atoms with Gasteiger partial charge in [0.1, 0.15) is 5.82 Å². The summed E-state index contributed by atoms with van der Waals surface area (Å²) in [5.41, 5.74) is 1.93. The van der Waals surface area contributed by atoms with Crippen molar-refractivity contribution in [3.05, 3.63) is 92.8 Å². The van der Waals surface area contributed by atoms with Gasteiger partial charge in [-0.05, 0) is 37.3 Å². The van der Waals surface area contributed by atoms with Gasteiger partial charge >= 0.3 is 5.97 Å². The zero-order valence-electron chi connectivity index (χ0n) is 16.0. The molecule has 0 aliphatic carbocycles. The van der Waals surface area contributed by atoms with Crippen LogP contribution in [0, 0.1) is 12.7 Å². The highest BCUT2D eigenvalue weighted by Gasteiger charge is 2.27. The van der Waals surface area contributed by atoms with E-state index in [1.807, 2.05) is 25.1 Å². The molecule has 0 atom stereocenters. The van der Waals surface area contributed by atoms with Crippen LogP contribution in [0.5, 0.6) is 0 Å². The first kappa shape index (κ1) is 21.4. The van der Waals surface area contributed by atoms with E-state index in [-0.39, 0.29) is 32.9 Å². The maximum atomic E-state index is 15.1. The Morgan fingerprint density at radius 3 is 2.35 bits per heavy atom. The predicted molar refractivity (Wildman–Crippen MR) is 121 cm³/mol. The summed E-state index contributed by atoms with van der Waals surface area (Å²) in [6.45, 7) is 1.90. The molecule has 0 amide bonds. The maximum absolute atomic E-state index is 15.1. The largest absolute Gasteiger partial charge is 0.476 e. The minimum atomic E-state index is -1.27. The number of hydrogen-bond donors (Lipinski definition) is 1. The number of carboxylic acids is 1. The van der Waals surface area contributed by atoms with Crippen LogP contribution in [0.4, 0.5) is 4.39 Å². The molecule has 0 fully saturated rings. The minimum absolute atomic E-state index is 0.0603. The van der Waals surface area contributed by atoms with Gasteiger partial charge in [0.25, 0.3) is 0 Å². The highest BCUT2D eigenvalue weighted by atomic mass is 35.5. The second-order valence-corrected chi connectivity index (χ2v) is 8.07. The molecule has 4 aromatic rings. The Kier molecular flexibility index (Phi) is 5.75. The summed E-state index contributed by atoms with van der Waals surface area (Å²) in [4.78, 5) is 16.5. The molecule has 1 heterocycles. The average Bonchev–Trinajstić information content (AvgIpc) is 3.13. The minimum Gasteiger partial charge on any atom is -0.476 e. The summed E-state index contributed by atoms with van der Waals surface area (Å²) in [7, 11) is 0. The van der Waals surface area contributed by atoms with Gasteiger partial charge in [0.2, 0.25) is 0 Å². The van der Waals surface area contributed by atoms with Crippen molar-refractivity contribution in [3.63, 3.8) is 0 Å². The van der Waals surface area contributed by atoms with Gasteiger partial charge in [0.15, 0.2) is 11.5 Å². The summed E-state index contributed by atoms with van der Waals surface area (Å²) in [6.07, 6.45) is 0. The molecule has 0 unspecified atom stereocenters. The monoisotopic (exact) mass is 474 g/mol. The smallest absolute Gasteiger partial charge is 0.356 e. The zero-order chi connectivity index (χ0) is 22.3. The fourth-order valence-electron chi connectivity index (χ4n) is 3.36.